The molecule has 0 saturated heterocycles. The van der Waals surface area contributed by atoms with Gasteiger partial charge in [0.2, 0.25) is 0 Å². The van der Waals surface area contributed by atoms with Gasteiger partial charge in [0.05, 0.1) is 0 Å². The quantitative estimate of drug-likeness (QED) is 0.847. The molecule has 0 aromatic carbocycles. The summed E-state index contributed by atoms with van der Waals surface area (Å²) >= 11 is 0. The van der Waals surface area contributed by atoms with Crippen LogP contribution < -0.4 is 11.0 Å². The van der Waals surface area contributed by atoms with E-state index >= 15 is 0 Å². The fraction of sp³-hybridized carbons (Fsp3) is 0.692. The molecule has 0 radical (unpaired) electrons. The summed E-state index contributed by atoms with van der Waals surface area (Å²) in [6.07, 6.45) is 4.42. The first-order valence-electron chi connectivity index (χ1n) is 6.20. The SMILES string of the molecule is CCCNC(Cn1cccnc1=O)C(C)(C)C. The Bertz CT molecular complexity index is 392. The van der Waals surface area contributed by atoms with Crippen molar-refractivity contribution in [1.82, 2.24) is 14.9 Å². The van der Waals surface area contributed by atoms with Crippen LogP contribution >= 0.6 is 0 Å². The molecule has 1 heterocycles. The Labute approximate surface area is 103 Å². The summed E-state index contributed by atoms with van der Waals surface area (Å²) < 4.78 is 1.67. The van der Waals surface area contributed by atoms with Gasteiger partial charge in [0.1, 0.15) is 0 Å². The van der Waals surface area contributed by atoms with E-state index in [4.69, 9.17) is 0 Å². The molecular formula is C13H23N3O. The highest BCUT2D eigenvalue weighted by atomic mass is 16.1. The van der Waals surface area contributed by atoms with Crippen molar-refractivity contribution in [3.8, 4) is 0 Å². The Morgan fingerprint density at radius 2 is 2.18 bits per heavy atom. The molecular weight excluding hydrogens is 214 g/mol. The highest BCUT2D eigenvalue weighted by Crippen LogP contribution is 2.20. The van der Waals surface area contributed by atoms with Crippen LogP contribution in [0, 0.1) is 5.41 Å². The molecule has 1 rings (SSSR count). The maximum absolute atomic E-state index is 11.6. The first-order valence-corrected chi connectivity index (χ1v) is 6.20. The third kappa shape index (κ3) is 4.30. The van der Waals surface area contributed by atoms with Crippen LogP contribution in [0.25, 0.3) is 0 Å². The fourth-order valence-corrected chi connectivity index (χ4v) is 1.69. The Morgan fingerprint density at radius 3 is 2.71 bits per heavy atom. The smallest absolute Gasteiger partial charge is 0.312 e. The molecule has 0 aliphatic rings. The lowest BCUT2D eigenvalue weighted by Crippen LogP contribution is -2.45. The van der Waals surface area contributed by atoms with Crippen molar-refractivity contribution < 1.29 is 0 Å². The second kappa shape index (κ2) is 5.96. The van der Waals surface area contributed by atoms with E-state index in [0.717, 1.165) is 13.0 Å². The van der Waals surface area contributed by atoms with E-state index in [-0.39, 0.29) is 17.1 Å². The van der Waals surface area contributed by atoms with Crippen LogP contribution in [0.15, 0.2) is 23.3 Å². The van der Waals surface area contributed by atoms with Crippen LogP contribution in [-0.4, -0.2) is 22.1 Å². The Balaban J connectivity index is 2.80. The van der Waals surface area contributed by atoms with Gasteiger partial charge in [-0.3, -0.25) is 4.57 Å². The molecule has 4 heteroatoms. The van der Waals surface area contributed by atoms with E-state index in [9.17, 15) is 4.79 Å². The van der Waals surface area contributed by atoms with Crippen LogP contribution in [0.1, 0.15) is 34.1 Å². The van der Waals surface area contributed by atoms with Crippen molar-refractivity contribution in [3.05, 3.63) is 28.9 Å². The molecule has 0 saturated carbocycles. The number of nitrogens with zero attached hydrogens (tertiary/aromatic N) is 2. The molecule has 1 unspecified atom stereocenters. The summed E-state index contributed by atoms with van der Waals surface area (Å²) in [5.74, 6) is 0. The summed E-state index contributed by atoms with van der Waals surface area (Å²) in [4.78, 5) is 15.4. The van der Waals surface area contributed by atoms with Gasteiger partial charge in [-0.25, -0.2) is 9.78 Å². The lowest BCUT2D eigenvalue weighted by molar-refractivity contribution is 0.240. The lowest BCUT2D eigenvalue weighted by atomic mass is 9.86. The number of rotatable bonds is 5. The normalized spacial score (nSPS) is 13.6. The third-order valence-corrected chi connectivity index (χ3v) is 2.85. The molecule has 0 fully saturated rings. The molecule has 0 aliphatic heterocycles. The molecule has 1 N–H and O–H groups in total. The van der Waals surface area contributed by atoms with Gasteiger partial charge >= 0.3 is 5.69 Å². The summed E-state index contributed by atoms with van der Waals surface area (Å²) in [7, 11) is 0. The van der Waals surface area contributed by atoms with Crippen LogP contribution in [0.3, 0.4) is 0 Å². The molecule has 1 aromatic rings. The molecule has 17 heavy (non-hydrogen) atoms. The number of hydrogen-bond donors (Lipinski definition) is 1. The summed E-state index contributed by atoms with van der Waals surface area (Å²) in [6, 6.07) is 2.06. The van der Waals surface area contributed by atoms with E-state index in [1.165, 1.54) is 6.20 Å². The van der Waals surface area contributed by atoms with Crippen molar-refractivity contribution >= 4 is 0 Å². The molecule has 4 nitrogen and oxygen atoms in total. The largest absolute Gasteiger partial charge is 0.347 e. The summed E-state index contributed by atoms with van der Waals surface area (Å²) in [5, 5.41) is 3.50. The van der Waals surface area contributed by atoms with Gasteiger partial charge in [0.25, 0.3) is 0 Å². The molecule has 0 spiro atoms. The van der Waals surface area contributed by atoms with Gasteiger partial charge in [-0.2, -0.15) is 0 Å². The highest BCUT2D eigenvalue weighted by Gasteiger charge is 2.24. The molecule has 1 atom stereocenters. The first-order chi connectivity index (χ1) is 7.95. The third-order valence-electron chi connectivity index (χ3n) is 2.85. The van der Waals surface area contributed by atoms with Crippen LogP contribution in [0.2, 0.25) is 0 Å². The Morgan fingerprint density at radius 1 is 1.47 bits per heavy atom. The van der Waals surface area contributed by atoms with Gasteiger partial charge in [-0.1, -0.05) is 27.7 Å². The van der Waals surface area contributed by atoms with Crippen LogP contribution in [-0.2, 0) is 6.54 Å². The van der Waals surface area contributed by atoms with Gasteiger partial charge in [0, 0.05) is 25.0 Å². The molecule has 1 aromatic heterocycles. The average molecular weight is 237 g/mol. The first kappa shape index (κ1) is 13.9. The maximum atomic E-state index is 11.6. The topological polar surface area (TPSA) is 46.9 Å². The van der Waals surface area contributed by atoms with Crippen LogP contribution in [0.5, 0.6) is 0 Å². The zero-order valence-electron chi connectivity index (χ0n) is 11.2. The summed E-state index contributed by atoms with van der Waals surface area (Å²) in [5.41, 5.74) is -0.0650. The highest BCUT2D eigenvalue weighted by molar-refractivity contribution is 4.86. The van der Waals surface area contributed by atoms with E-state index in [0.29, 0.717) is 6.54 Å². The maximum Gasteiger partial charge on any atom is 0.347 e. The monoisotopic (exact) mass is 237 g/mol. The zero-order chi connectivity index (χ0) is 12.9. The van der Waals surface area contributed by atoms with Crippen molar-refractivity contribution in [2.45, 2.75) is 46.7 Å². The zero-order valence-corrected chi connectivity index (χ0v) is 11.2. The standard InChI is InChI=1S/C13H23N3O/c1-5-7-14-11(13(2,3)4)10-16-9-6-8-15-12(16)17/h6,8-9,11,14H,5,7,10H2,1-4H3. The van der Waals surface area contributed by atoms with Gasteiger partial charge in [-0.05, 0) is 24.4 Å². The van der Waals surface area contributed by atoms with E-state index in [2.05, 4.69) is 38.0 Å². The predicted octanol–water partition coefficient (Wildman–Crippen LogP) is 1.66. The minimum absolute atomic E-state index is 0.116. The van der Waals surface area contributed by atoms with Crippen molar-refractivity contribution in [2.24, 2.45) is 5.41 Å². The Hall–Kier alpha value is -1.16. The van der Waals surface area contributed by atoms with Crippen molar-refractivity contribution in [1.29, 1.82) is 0 Å². The molecule has 96 valence electrons. The second-order valence-corrected chi connectivity index (χ2v) is 5.43. The van der Waals surface area contributed by atoms with E-state index in [1.54, 1.807) is 16.8 Å². The Kier molecular flexibility index (Phi) is 4.87. The average Bonchev–Trinajstić information content (AvgIpc) is 2.25. The number of nitrogens with one attached hydrogen (secondary N) is 1. The minimum Gasteiger partial charge on any atom is -0.312 e. The van der Waals surface area contributed by atoms with Gasteiger partial charge in [0.15, 0.2) is 0 Å². The number of hydrogen-bond acceptors (Lipinski definition) is 3. The number of aromatic nitrogens is 2. The van der Waals surface area contributed by atoms with Gasteiger partial charge < -0.3 is 5.32 Å². The summed E-state index contributed by atoms with van der Waals surface area (Å²) in [6.45, 7) is 10.3. The van der Waals surface area contributed by atoms with Crippen LogP contribution in [0.4, 0.5) is 0 Å². The minimum atomic E-state index is -0.181. The van der Waals surface area contributed by atoms with Crippen molar-refractivity contribution in [2.75, 3.05) is 6.54 Å². The second-order valence-electron chi connectivity index (χ2n) is 5.43. The van der Waals surface area contributed by atoms with Crippen molar-refractivity contribution in [3.63, 3.8) is 0 Å². The molecule has 0 aliphatic carbocycles. The molecule has 0 bridgehead atoms. The predicted molar refractivity (Wildman–Crippen MR) is 70.0 cm³/mol. The van der Waals surface area contributed by atoms with E-state index < -0.39 is 0 Å². The lowest BCUT2D eigenvalue weighted by Gasteiger charge is -2.32. The molecule has 0 amide bonds. The van der Waals surface area contributed by atoms with Gasteiger partial charge in [-0.15, -0.1) is 0 Å². The fourth-order valence-electron chi connectivity index (χ4n) is 1.69. The van der Waals surface area contributed by atoms with E-state index in [1.807, 2.05) is 0 Å².